The number of hydrogen-bond acceptors (Lipinski definition) is 3. The summed E-state index contributed by atoms with van der Waals surface area (Å²) in [6.45, 7) is 4.10. The first kappa shape index (κ1) is 13.4. The zero-order chi connectivity index (χ0) is 13.8. The normalized spacial score (nSPS) is 12.3. The summed E-state index contributed by atoms with van der Waals surface area (Å²) in [7, 11) is 0. The molecule has 3 nitrogen and oxygen atoms in total. The van der Waals surface area contributed by atoms with Gasteiger partial charge in [-0.2, -0.15) is 0 Å². The Balaban J connectivity index is 2.24. The van der Waals surface area contributed by atoms with Gasteiger partial charge in [-0.15, -0.1) is 0 Å². The molecule has 0 amide bonds. The van der Waals surface area contributed by atoms with E-state index >= 15 is 0 Å². The zero-order valence-electron chi connectivity index (χ0n) is 11.2. The molecule has 0 aliphatic rings. The van der Waals surface area contributed by atoms with Crippen LogP contribution >= 0.6 is 0 Å². The summed E-state index contributed by atoms with van der Waals surface area (Å²) in [4.78, 5) is 11.3. The maximum atomic E-state index is 11.3. The van der Waals surface area contributed by atoms with Crippen LogP contribution < -0.4 is 5.63 Å². The number of hydrogen-bond donors (Lipinski definition) is 1. The van der Waals surface area contributed by atoms with Gasteiger partial charge < -0.3 is 9.52 Å². The van der Waals surface area contributed by atoms with Gasteiger partial charge in [-0.25, -0.2) is 4.79 Å². The fraction of sp³-hybridized carbons (Fsp3) is 0.312. The molecular weight excluding hydrogens is 240 g/mol. The molecule has 1 atom stereocenters. The predicted octanol–water partition coefficient (Wildman–Crippen LogP) is 3.39. The van der Waals surface area contributed by atoms with Gasteiger partial charge in [-0.1, -0.05) is 36.8 Å². The lowest BCUT2D eigenvalue weighted by Crippen LogP contribution is -2.06. The molecule has 0 fully saturated rings. The smallest absolute Gasteiger partial charge is 0.339 e. The molecule has 1 unspecified atom stereocenters. The molecule has 0 saturated carbocycles. The third-order valence-corrected chi connectivity index (χ3v) is 3.27. The highest BCUT2D eigenvalue weighted by atomic mass is 16.4. The monoisotopic (exact) mass is 258 g/mol. The quantitative estimate of drug-likeness (QED) is 0.914. The molecule has 2 aromatic rings. The van der Waals surface area contributed by atoms with Crippen molar-refractivity contribution >= 4 is 0 Å². The Labute approximate surface area is 112 Å². The minimum atomic E-state index is -0.502. The molecule has 0 saturated heterocycles. The van der Waals surface area contributed by atoms with Crippen molar-refractivity contribution < 1.29 is 9.52 Å². The second kappa shape index (κ2) is 5.74. The Morgan fingerprint density at radius 1 is 1.21 bits per heavy atom. The molecule has 19 heavy (non-hydrogen) atoms. The SMILES string of the molecule is CCC(Cc1ccc(C)cc1)c1cc(O)cc(=O)o1. The third kappa shape index (κ3) is 3.47. The molecule has 1 aromatic carbocycles. The fourth-order valence-corrected chi connectivity index (χ4v) is 2.14. The van der Waals surface area contributed by atoms with Gasteiger partial charge >= 0.3 is 5.63 Å². The fourth-order valence-electron chi connectivity index (χ4n) is 2.14. The van der Waals surface area contributed by atoms with Crippen molar-refractivity contribution in [2.75, 3.05) is 0 Å². The summed E-state index contributed by atoms with van der Waals surface area (Å²) in [5.74, 6) is 0.615. The van der Waals surface area contributed by atoms with Gasteiger partial charge in [0.15, 0.2) is 0 Å². The average Bonchev–Trinajstić information content (AvgIpc) is 2.37. The van der Waals surface area contributed by atoms with Gasteiger partial charge in [0, 0.05) is 12.0 Å². The Hall–Kier alpha value is -2.03. The molecule has 100 valence electrons. The second-order valence-electron chi connectivity index (χ2n) is 4.83. The standard InChI is InChI=1S/C16H18O3/c1-3-13(8-12-6-4-11(2)5-7-12)15-9-14(17)10-16(18)19-15/h4-7,9-10,13,17H,3,8H2,1-2H3. The van der Waals surface area contributed by atoms with Gasteiger partial charge in [0.05, 0.1) is 6.07 Å². The van der Waals surface area contributed by atoms with E-state index in [9.17, 15) is 9.90 Å². The van der Waals surface area contributed by atoms with Crippen LogP contribution in [-0.2, 0) is 6.42 Å². The molecule has 1 heterocycles. The molecule has 0 aliphatic carbocycles. The van der Waals surface area contributed by atoms with Crippen LogP contribution in [0, 0.1) is 6.92 Å². The lowest BCUT2D eigenvalue weighted by Gasteiger charge is -2.14. The number of benzene rings is 1. The van der Waals surface area contributed by atoms with Gasteiger partial charge in [0.2, 0.25) is 0 Å². The van der Waals surface area contributed by atoms with Crippen molar-refractivity contribution in [1.82, 2.24) is 0 Å². The largest absolute Gasteiger partial charge is 0.508 e. The molecule has 0 bridgehead atoms. The molecule has 3 heteroatoms. The number of aryl methyl sites for hydroxylation is 1. The van der Waals surface area contributed by atoms with Crippen LogP contribution in [0.1, 0.15) is 36.1 Å². The van der Waals surface area contributed by atoms with Crippen LogP contribution in [0.3, 0.4) is 0 Å². The van der Waals surface area contributed by atoms with Gasteiger partial charge in [0.25, 0.3) is 0 Å². The van der Waals surface area contributed by atoms with Crippen molar-refractivity contribution in [3.05, 3.63) is 63.7 Å². The van der Waals surface area contributed by atoms with Crippen molar-refractivity contribution in [3.8, 4) is 5.75 Å². The van der Waals surface area contributed by atoms with E-state index in [1.165, 1.54) is 17.2 Å². The highest BCUT2D eigenvalue weighted by Crippen LogP contribution is 2.25. The highest BCUT2D eigenvalue weighted by Gasteiger charge is 2.14. The van der Waals surface area contributed by atoms with Crippen LogP contribution in [0.5, 0.6) is 5.75 Å². The topological polar surface area (TPSA) is 50.4 Å². The highest BCUT2D eigenvalue weighted by molar-refractivity contribution is 5.25. The van der Waals surface area contributed by atoms with E-state index in [4.69, 9.17) is 4.42 Å². The third-order valence-electron chi connectivity index (χ3n) is 3.27. The van der Waals surface area contributed by atoms with Gasteiger partial charge in [0.1, 0.15) is 11.5 Å². The lowest BCUT2D eigenvalue weighted by atomic mass is 9.94. The van der Waals surface area contributed by atoms with Crippen LogP contribution in [0.2, 0.25) is 0 Å². The maximum absolute atomic E-state index is 11.3. The summed E-state index contributed by atoms with van der Waals surface area (Å²) in [5.41, 5.74) is 1.92. The summed E-state index contributed by atoms with van der Waals surface area (Å²) < 4.78 is 5.19. The summed E-state index contributed by atoms with van der Waals surface area (Å²) in [6.07, 6.45) is 1.64. The van der Waals surface area contributed by atoms with Crippen molar-refractivity contribution in [3.63, 3.8) is 0 Å². The van der Waals surface area contributed by atoms with Crippen molar-refractivity contribution in [2.45, 2.75) is 32.6 Å². The molecule has 0 spiro atoms. The molecule has 2 rings (SSSR count). The Morgan fingerprint density at radius 2 is 1.89 bits per heavy atom. The van der Waals surface area contributed by atoms with E-state index in [1.54, 1.807) is 0 Å². The van der Waals surface area contributed by atoms with E-state index < -0.39 is 5.63 Å². The number of rotatable bonds is 4. The van der Waals surface area contributed by atoms with Crippen LogP contribution in [0.4, 0.5) is 0 Å². The van der Waals surface area contributed by atoms with E-state index in [1.807, 2.05) is 6.92 Å². The average molecular weight is 258 g/mol. The van der Waals surface area contributed by atoms with Crippen molar-refractivity contribution in [2.24, 2.45) is 0 Å². The van der Waals surface area contributed by atoms with Gasteiger partial charge in [-0.3, -0.25) is 0 Å². The van der Waals surface area contributed by atoms with Crippen molar-refractivity contribution in [1.29, 1.82) is 0 Å². The zero-order valence-corrected chi connectivity index (χ0v) is 11.2. The van der Waals surface area contributed by atoms with E-state index in [-0.39, 0.29) is 11.7 Å². The van der Waals surface area contributed by atoms with Gasteiger partial charge in [-0.05, 0) is 25.3 Å². The summed E-state index contributed by atoms with van der Waals surface area (Å²) in [5, 5.41) is 9.48. The van der Waals surface area contributed by atoms with E-state index in [0.717, 1.165) is 18.9 Å². The van der Waals surface area contributed by atoms with Crippen LogP contribution in [-0.4, -0.2) is 5.11 Å². The summed E-state index contributed by atoms with van der Waals surface area (Å²) >= 11 is 0. The van der Waals surface area contributed by atoms with E-state index in [2.05, 4.69) is 31.2 Å². The predicted molar refractivity (Wildman–Crippen MR) is 74.6 cm³/mol. The Kier molecular flexibility index (Phi) is 4.05. The number of aromatic hydroxyl groups is 1. The first-order chi connectivity index (χ1) is 9.08. The minimum Gasteiger partial charge on any atom is -0.508 e. The Bertz CT molecular complexity index is 596. The minimum absolute atomic E-state index is 0.0337. The maximum Gasteiger partial charge on any atom is 0.339 e. The first-order valence-electron chi connectivity index (χ1n) is 6.48. The molecular formula is C16H18O3. The summed E-state index contributed by atoms with van der Waals surface area (Å²) in [6, 6.07) is 10.9. The first-order valence-corrected chi connectivity index (χ1v) is 6.48. The molecule has 0 radical (unpaired) electrons. The molecule has 0 aliphatic heterocycles. The van der Waals surface area contributed by atoms with Crippen LogP contribution in [0.15, 0.2) is 45.6 Å². The molecule has 1 aromatic heterocycles. The van der Waals surface area contributed by atoms with Crippen LogP contribution in [0.25, 0.3) is 0 Å². The Morgan fingerprint density at radius 3 is 2.47 bits per heavy atom. The lowest BCUT2D eigenvalue weighted by molar-refractivity contribution is 0.394. The second-order valence-corrected chi connectivity index (χ2v) is 4.83. The molecule has 1 N–H and O–H groups in total. The van der Waals surface area contributed by atoms with E-state index in [0.29, 0.717) is 5.76 Å².